The third kappa shape index (κ3) is 3.34. The van der Waals surface area contributed by atoms with Crippen LogP contribution < -0.4 is 0 Å². The third-order valence-corrected chi connectivity index (χ3v) is 3.80. The molecular formula is C14H22N2O2. The molecule has 0 aliphatic heterocycles. The molecule has 1 aromatic rings. The van der Waals surface area contributed by atoms with Crippen molar-refractivity contribution in [3.8, 4) is 0 Å². The van der Waals surface area contributed by atoms with E-state index in [1.54, 1.807) is 0 Å². The van der Waals surface area contributed by atoms with Crippen LogP contribution in [0.25, 0.3) is 0 Å². The molecule has 0 aromatic carbocycles. The van der Waals surface area contributed by atoms with Crippen molar-refractivity contribution >= 4 is 5.97 Å². The van der Waals surface area contributed by atoms with Crippen molar-refractivity contribution in [3.63, 3.8) is 0 Å². The van der Waals surface area contributed by atoms with Gasteiger partial charge in [0, 0.05) is 19.7 Å². The molecule has 0 radical (unpaired) electrons. The topological polar surface area (TPSA) is 44.1 Å². The summed E-state index contributed by atoms with van der Waals surface area (Å²) in [5.41, 5.74) is 1.34. The van der Waals surface area contributed by atoms with Crippen molar-refractivity contribution in [1.29, 1.82) is 0 Å². The summed E-state index contributed by atoms with van der Waals surface area (Å²) in [6.45, 7) is 2.35. The second-order valence-electron chi connectivity index (χ2n) is 5.17. The number of aryl methyl sites for hydroxylation is 1. The molecule has 0 amide bonds. The fourth-order valence-electron chi connectivity index (χ4n) is 2.81. The minimum atomic E-state index is -0.0395. The van der Waals surface area contributed by atoms with Crippen LogP contribution in [-0.2, 0) is 16.6 Å². The number of esters is 1. The highest BCUT2D eigenvalue weighted by Gasteiger charge is 2.25. The first-order chi connectivity index (χ1) is 8.69. The first kappa shape index (κ1) is 13.1. The van der Waals surface area contributed by atoms with Gasteiger partial charge in [-0.3, -0.25) is 9.48 Å². The fraction of sp³-hybridized carbons (Fsp3) is 0.714. The zero-order valence-electron chi connectivity index (χ0n) is 11.3. The van der Waals surface area contributed by atoms with E-state index in [-0.39, 0.29) is 5.97 Å². The van der Waals surface area contributed by atoms with Gasteiger partial charge in [-0.05, 0) is 50.0 Å². The number of nitrogens with zero attached hydrogens (tertiary/aromatic N) is 2. The molecular weight excluding hydrogens is 228 g/mol. The number of hydrogen-bond acceptors (Lipinski definition) is 3. The molecule has 0 atom stereocenters. The first-order valence-corrected chi connectivity index (χ1v) is 6.83. The van der Waals surface area contributed by atoms with E-state index in [4.69, 9.17) is 4.74 Å². The lowest BCUT2D eigenvalue weighted by molar-refractivity contribution is -0.144. The van der Waals surface area contributed by atoms with Gasteiger partial charge < -0.3 is 4.74 Å². The van der Waals surface area contributed by atoms with Gasteiger partial charge in [0.2, 0.25) is 0 Å². The molecule has 4 nitrogen and oxygen atoms in total. The summed E-state index contributed by atoms with van der Waals surface area (Å²) in [6.07, 6.45) is 9.24. The number of rotatable bonds is 4. The first-order valence-electron chi connectivity index (χ1n) is 6.83. The summed E-state index contributed by atoms with van der Waals surface area (Å²) >= 11 is 0. The van der Waals surface area contributed by atoms with Gasteiger partial charge in [0.1, 0.15) is 0 Å². The minimum absolute atomic E-state index is 0.0395. The molecule has 1 aliphatic rings. The average molecular weight is 250 g/mol. The van der Waals surface area contributed by atoms with Crippen molar-refractivity contribution < 1.29 is 9.53 Å². The molecule has 4 heteroatoms. The van der Waals surface area contributed by atoms with Gasteiger partial charge in [0.05, 0.1) is 12.8 Å². The van der Waals surface area contributed by atoms with Gasteiger partial charge in [-0.15, -0.1) is 0 Å². The SMILES string of the molecule is CCOC(=O)CC1CCC(c2cnn(C)c2)CC1. The van der Waals surface area contributed by atoms with Crippen LogP contribution in [0.4, 0.5) is 0 Å². The monoisotopic (exact) mass is 250 g/mol. The van der Waals surface area contributed by atoms with Crippen molar-refractivity contribution in [2.45, 2.75) is 44.9 Å². The molecule has 1 aromatic heterocycles. The van der Waals surface area contributed by atoms with Gasteiger partial charge in [0.25, 0.3) is 0 Å². The van der Waals surface area contributed by atoms with Gasteiger partial charge in [-0.2, -0.15) is 5.10 Å². The van der Waals surface area contributed by atoms with Crippen molar-refractivity contribution in [3.05, 3.63) is 18.0 Å². The summed E-state index contributed by atoms with van der Waals surface area (Å²) in [5, 5.41) is 4.23. The van der Waals surface area contributed by atoms with Crippen LogP contribution in [0.3, 0.4) is 0 Å². The van der Waals surface area contributed by atoms with E-state index in [1.807, 2.05) is 24.9 Å². The normalized spacial score (nSPS) is 23.9. The quantitative estimate of drug-likeness (QED) is 0.772. The summed E-state index contributed by atoms with van der Waals surface area (Å²) in [4.78, 5) is 11.4. The number of aromatic nitrogens is 2. The molecule has 2 rings (SSSR count). The van der Waals surface area contributed by atoms with E-state index in [9.17, 15) is 4.79 Å². The number of hydrogen-bond donors (Lipinski definition) is 0. The molecule has 1 heterocycles. The molecule has 1 aliphatic carbocycles. The molecule has 0 bridgehead atoms. The predicted octanol–water partition coefficient (Wildman–Crippen LogP) is 2.65. The molecule has 0 spiro atoms. The van der Waals surface area contributed by atoms with Crippen molar-refractivity contribution in [2.24, 2.45) is 13.0 Å². The molecule has 1 fully saturated rings. The number of carbonyl (C=O) groups excluding carboxylic acids is 1. The largest absolute Gasteiger partial charge is 0.466 e. The number of carbonyl (C=O) groups is 1. The van der Waals surface area contributed by atoms with Crippen LogP contribution >= 0.6 is 0 Å². The Kier molecular flexibility index (Phi) is 4.39. The Morgan fingerprint density at radius 1 is 1.44 bits per heavy atom. The van der Waals surface area contributed by atoms with Crippen LogP contribution in [0.2, 0.25) is 0 Å². The van der Waals surface area contributed by atoms with E-state index in [2.05, 4.69) is 11.3 Å². The van der Waals surface area contributed by atoms with E-state index in [0.717, 1.165) is 25.7 Å². The Labute approximate surface area is 108 Å². The zero-order valence-corrected chi connectivity index (χ0v) is 11.3. The molecule has 0 N–H and O–H groups in total. The summed E-state index contributed by atoms with van der Waals surface area (Å²) < 4.78 is 6.87. The maximum atomic E-state index is 11.4. The minimum Gasteiger partial charge on any atom is -0.466 e. The van der Waals surface area contributed by atoms with E-state index < -0.39 is 0 Å². The number of ether oxygens (including phenoxy) is 1. The Morgan fingerprint density at radius 2 is 2.17 bits per heavy atom. The second-order valence-corrected chi connectivity index (χ2v) is 5.17. The molecule has 100 valence electrons. The van der Waals surface area contributed by atoms with Crippen molar-refractivity contribution in [2.75, 3.05) is 6.61 Å². The lowest BCUT2D eigenvalue weighted by atomic mass is 9.78. The standard InChI is InChI=1S/C14H22N2O2/c1-3-18-14(17)8-11-4-6-12(7-5-11)13-9-15-16(2)10-13/h9-12H,3-8H2,1-2H3. The van der Waals surface area contributed by atoms with Crippen LogP contribution in [0.5, 0.6) is 0 Å². The summed E-state index contributed by atoms with van der Waals surface area (Å²) in [7, 11) is 1.95. The maximum Gasteiger partial charge on any atom is 0.306 e. The molecule has 0 unspecified atom stereocenters. The van der Waals surface area contributed by atoms with Gasteiger partial charge in [0.15, 0.2) is 0 Å². The van der Waals surface area contributed by atoms with Crippen LogP contribution in [0.1, 0.15) is 50.5 Å². The Bertz CT molecular complexity index is 392. The Morgan fingerprint density at radius 3 is 2.72 bits per heavy atom. The Hall–Kier alpha value is -1.32. The molecule has 18 heavy (non-hydrogen) atoms. The summed E-state index contributed by atoms with van der Waals surface area (Å²) in [6, 6.07) is 0. The highest BCUT2D eigenvalue weighted by Crippen LogP contribution is 2.36. The predicted molar refractivity (Wildman–Crippen MR) is 69.2 cm³/mol. The van der Waals surface area contributed by atoms with Crippen LogP contribution in [0.15, 0.2) is 12.4 Å². The lowest BCUT2D eigenvalue weighted by Gasteiger charge is -2.27. The molecule has 0 saturated heterocycles. The van der Waals surface area contributed by atoms with Gasteiger partial charge >= 0.3 is 5.97 Å². The maximum absolute atomic E-state index is 11.4. The smallest absolute Gasteiger partial charge is 0.306 e. The van der Waals surface area contributed by atoms with Gasteiger partial charge in [-0.25, -0.2) is 0 Å². The highest BCUT2D eigenvalue weighted by molar-refractivity contribution is 5.69. The lowest BCUT2D eigenvalue weighted by Crippen LogP contribution is -2.17. The van der Waals surface area contributed by atoms with Crippen LogP contribution in [0, 0.1) is 5.92 Å². The van der Waals surface area contributed by atoms with Crippen LogP contribution in [-0.4, -0.2) is 22.4 Å². The van der Waals surface area contributed by atoms with E-state index in [1.165, 1.54) is 5.56 Å². The zero-order chi connectivity index (χ0) is 13.0. The molecule has 1 saturated carbocycles. The highest BCUT2D eigenvalue weighted by atomic mass is 16.5. The van der Waals surface area contributed by atoms with Crippen molar-refractivity contribution in [1.82, 2.24) is 9.78 Å². The average Bonchev–Trinajstić information content (AvgIpc) is 2.77. The van der Waals surface area contributed by atoms with E-state index in [0.29, 0.717) is 24.9 Å². The fourth-order valence-corrected chi connectivity index (χ4v) is 2.81. The summed E-state index contributed by atoms with van der Waals surface area (Å²) in [5.74, 6) is 1.09. The third-order valence-electron chi connectivity index (χ3n) is 3.80. The Balaban J connectivity index is 1.79. The van der Waals surface area contributed by atoms with Gasteiger partial charge in [-0.1, -0.05) is 0 Å². The van der Waals surface area contributed by atoms with E-state index >= 15 is 0 Å². The second kappa shape index (κ2) is 6.03.